The molecule has 0 aliphatic carbocycles. The van der Waals surface area contributed by atoms with Crippen molar-refractivity contribution >= 4 is 0 Å². The summed E-state index contributed by atoms with van der Waals surface area (Å²) >= 11 is 0. The fraction of sp³-hybridized carbons (Fsp3) is 0.625. The van der Waals surface area contributed by atoms with E-state index in [1.807, 2.05) is 6.07 Å². The number of aryl methyl sites for hydroxylation is 2. The van der Waals surface area contributed by atoms with Crippen LogP contribution in [0.2, 0.25) is 0 Å². The Morgan fingerprint density at radius 2 is 1.69 bits per heavy atom. The fourth-order valence-electron chi connectivity index (χ4n) is 2.09. The first kappa shape index (κ1) is 13.3. The number of unbranched alkanes of at least 4 members (excludes halogenated alkanes) is 6. The van der Waals surface area contributed by atoms with E-state index in [0.717, 1.165) is 0 Å². The highest BCUT2D eigenvalue weighted by atomic mass is 14.0. The van der Waals surface area contributed by atoms with Crippen LogP contribution in [0.3, 0.4) is 0 Å². The predicted molar refractivity (Wildman–Crippen MR) is 71.7 cm³/mol. The van der Waals surface area contributed by atoms with Crippen molar-refractivity contribution < 1.29 is 0 Å². The van der Waals surface area contributed by atoms with E-state index in [2.05, 4.69) is 32.0 Å². The first-order chi connectivity index (χ1) is 7.83. The van der Waals surface area contributed by atoms with E-state index in [9.17, 15) is 0 Å². The summed E-state index contributed by atoms with van der Waals surface area (Å²) in [5, 5.41) is 0. The molecule has 0 spiro atoms. The lowest BCUT2D eigenvalue weighted by atomic mass is 10.0. The van der Waals surface area contributed by atoms with E-state index < -0.39 is 0 Å². The summed E-state index contributed by atoms with van der Waals surface area (Å²) in [6.07, 6.45) is 11.0. The van der Waals surface area contributed by atoms with Crippen LogP contribution >= 0.6 is 0 Å². The first-order valence-corrected chi connectivity index (χ1v) is 6.80. The van der Waals surface area contributed by atoms with Gasteiger partial charge in [0.05, 0.1) is 0 Å². The summed E-state index contributed by atoms with van der Waals surface area (Å²) in [4.78, 5) is 0. The summed E-state index contributed by atoms with van der Waals surface area (Å²) in [5.74, 6) is 0. The van der Waals surface area contributed by atoms with Gasteiger partial charge in [0.1, 0.15) is 0 Å². The topological polar surface area (TPSA) is 0 Å². The number of hydrogen-bond acceptors (Lipinski definition) is 0. The molecule has 0 atom stereocenters. The second kappa shape index (κ2) is 8.38. The SMILES string of the molecule is CCCCCCCCCc1cc[c]c(C)c1. The van der Waals surface area contributed by atoms with Gasteiger partial charge in [-0.1, -0.05) is 63.6 Å². The van der Waals surface area contributed by atoms with Crippen LogP contribution < -0.4 is 0 Å². The molecule has 1 aromatic rings. The van der Waals surface area contributed by atoms with Crippen LogP contribution in [-0.2, 0) is 6.42 Å². The summed E-state index contributed by atoms with van der Waals surface area (Å²) in [6, 6.07) is 9.70. The van der Waals surface area contributed by atoms with Gasteiger partial charge in [0.25, 0.3) is 0 Å². The molecule has 1 aromatic carbocycles. The summed E-state index contributed by atoms with van der Waals surface area (Å²) in [7, 11) is 0. The Morgan fingerprint density at radius 1 is 1.00 bits per heavy atom. The molecule has 0 fully saturated rings. The standard InChI is InChI=1S/C16H25/c1-3-4-5-6-7-8-9-12-16-13-10-11-15(2)14-16/h10,13-14H,3-9,12H2,1-2H3. The Hall–Kier alpha value is -0.780. The van der Waals surface area contributed by atoms with Gasteiger partial charge in [-0.2, -0.15) is 0 Å². The molecule has 1 rings (SSSR count). The molecule has 0 unspecified atom stereocenters. The van der Waals surface area contributed by atoms with E-state index in [0.29, 0.717) is 0 Å². The maximum absolute atomic E-state index is 3.20. The van der Waals surface area contributed by atoms with Gasteiger partial charge in [-0.3, -0.25) is 0 Å². The zero-order chi connectivity index (χ0) is 11.6. The van der Waals surface area contributed by atoms with E-state index in [1.165, 1.54) is 62.5 Å². The van der Waals surface area contributed by atoms with Gasteiger partial charge in [0, 0.05) is 0 Å². The largest absolute Gasteiger partial charge is 0.0654 e. The first-order valence-electron chi connectivity index (χ1n) is 6.80. The van der Waals surface area contributed by atoms with Gasteiger partial charge in [0.15, 0.2) is 0 Å². The Balaban J connectivity index is 2.03. The maximum atomic E-state index is 3.20. The molecule has 0 bridgehead atoms. The lowest BCUT2D eigenvalue weighted by molar-refractivity contribution is 0.589. The lowest BCUT2D eigenvalue weighted by Gasteiger charge is -2.03. The summed E-state index contributed by atoms with van der Waals surface area (Å²) in [6.45, 7) is 4.39. The van der Waals surface area contributed by atoms with Crippen molar-refractivity contribution in [2.45, 2.75) is 65.2 Å². The van der Waals surface area contributed by atoms with Crippen LogP contribution in [0.4, 0.5) is 0 Å². The predicted octanol–water partition coefficient (Wildman–Crippen LogP) is 5.09. The molecule has 0 saturated heterocycles. The van der Waals surface area contributed by atoms with Crippen molar-refractivity contribution in [3.05, 3.63) is 35.4 Å². The highest BCUT2D eigenvalue weighted by Crippen LogP contribution is 2.11. The van der Waals surface area contributed by atoms with Crippen molar-refractivity contribution in [2.24, 2.45) is 0 Å². The molecule has 89 valence electrons. The van der Waals surface area contributed by atoms with Crippen LogP contribution in [0, 0.1) is 13.0 Å². The van der Waals surface area contributed by atoms with E-state index in [4.69, 9.17) is 0 Å². The minimum Gasteiger partial charge on any atom is -0.0654 e. The third-order valence-corrected chi connectivity index (χ3v) is 3.08. The van der Waals surface area contributed by atoms with Crippen LogP contribution in [0.1, 0.15) is 63.0 Å². The van der Waals surface area contributed by atoms with Crippen molar-refractivity contribution in [2.75, 3.05) is 0 Å². The molecule has 0 saturated carbocycles. The fourth-order valence-corrected chi connectivity index (χ4v) is 2.09. The Labute approximate surface area is 101 Å². The molecule has 1 radical (unpaired) electrons. The van der Waals surface area contributed by atoms with Crippen molar-refractivity contribution in [1.82, 2.24) is 0 Å². The average molecular weight is 217 g/mol. The quantitative estimate of drug-likeness (QED) is 0.532. The molecule has 16 heavy (non-hydrogen) atoms. The van der Waals surface area contributed by atoms with Gasteiger partial charge in [-0.15, -0.1) is 0 Å². The Morgan fingerprint density at radius 3 is 2.38 bits per heavy atom. The average Bonchev–Trinajstić information content (AvgIpc) is 2.28. The van der Waals surface area contributed by atoms with Crippen molar-refractivity contribution in [1.29, 1.82) is 0 Å². The van der Waals surface area contributed by atoms with Gasteiger partial charge in [0.2, 0.25) is 0 Å². The molecule has 0 N–H and O–H groups in total. The highest BCUT2D eigenvalue weighted by molar-refractivity contribution is 5.21. The van der Waals surface area contributed by atoms with Gasteiger partial charge in [-0.25, -0.2) is 0 Å². The van der Waals surface area contributed by atoms with Crippen LogP contribution in [0.15, 0.2) is 18.2 Å². The zero-order valence-corrected chi connectivity index (χ0v) is 10.9. The van der Waals surface area contributed by atoms with Crippen molar-refractivity contribution in [3.63, 3.8) is 0 Å². The van der Waals surface area contributed by atoms with Crippen LogP contribution in [0.5, 0.6) is 0 Å². The molecular weight excluding hydrogens is 192 g/mol. The lowest BCUT2D eigenvalue weighted by Crippen LogP contribution is -1.87. The monoisotopic (exact) mass is 217 g/mol. The third-order valence-electron chi connectivity index (χ3n) is 3.08. The molecule has 0 amide bonds. The molecule has 0 heterocycles. The molecular formula is C16H25. The molecule has 0 heteroatoms. The summed E-state index contributed by atoms with van der Waals surface area (Å²) < 4.78 is 0. The highest BCUT2D eigenvalue weighted by Gasteiger charge is 1.94. The second-order valence-electron chi connectivity index (χ2n) is 4.75. The second-order valence-corrected chi connectivity index (χ2v) is 4.75. The molecule has 0 aliphatic heterocycles. The summed E-state index contributed by atoms with van der Waals surface area (Å²) in [5.41, 5.74) is 2.74. The number of hydrogen-bond donors (Lipinski definition) is 0. The van der Waals surface area contributed by atoms with E-state index in [-0.39, 0.29) is 0 Å². The minimum atomic E-state index is 1.24. The van der Waals surface area contributed by atoms with Crippen LogP contribution in [-0.4, -0.2) is 0 Å². The zero-order valence-electron chi connectivity index (χ0n) is 10.9. The van der Waals surface area contributed by atoms with E-state index in [1.54, 1.807) is 0 Å². The van der Waals surface area contributed by atoms with Gasteiger partial charge < -0.3 is 0 Å². The Bertz CT molecular complexity index is 275. The molecule has 0 nitrogen and oxygen atoms in total. The minimum absolute atomic E-state index is 1.24. The number of rotatable bonds is 8. The normalized spacial score (nSPS) is 10.6. The number of benzene rings is 1. The van der Waals surface area contributed by atoms with E-state index >= 15 is 0 Å². The molecule has 0 aliphatic rings. The maximum Gasteiger partial charge on any atom is -0.0152 e. The van der Waals surface area contributed by atoms with Crippen molar-refractivity contribution in [3.8, 4) is 0 Å². The smallest absolute Gasteiger partial charge is 0.0152 e. The third kappa shape index (κ3) is 5.95. The van der Waals surface area contributed by atoms with Gasteiger partial charge >= 0.3 is 0 Å². The van der Waals surface area contributed by atoms with Crippen LogP contribution in [0.25, 0.3) is 0 Å². The molecule has 0 aromatic heterocycles. The van der Waals surface area contributed by atoms with Gasteiger partial charge in [-0.05, 0) is 37.0 Å². The Kier molecular flexibility index (Phi) is 6.96.